The second-order valence-electron chi connectivity index (χ2n) is 5.13. The Kier molecular flexibility index (Phi) is 4.83. The van der Waals surface area contributed by atoms with Crippen molar-refractivity contribution in [1.82, 2.24) is 10.3 Å². The number of pyridine rings is 1. The highest BCUT2D eigenvalue weighted by Crippen LogP contribution is 2.31. The van der Waals surface area contributed by atoms with Gasteiger partial charge in [0, 0.05) is 23.5 Å². The van der Waals surface area contributed by atoms with Crippen molar-refractivity contribution in [1.29, 1.82) is 0 Å². The van der Waals surface area contributed by atoms with Crippen LogP contribution in [0.4, 0.5) is 13.2 Å². The zero-order valence-corrected chi connectivity index (χ0v) is 12.2. The molecule has 1 atom stereocenters. The van der Waals surface area contributed by atoms with Gasteiger partial charge in [0.25, 0.3) is 0 Å². The number of aromatic nitrogens is 1. The highest BCUT2D eigenvalue weighted by atomic mass is 19.4. The molecule has 1 N–H and O–H groups in total. The predicted octanol–water partition coefficient (Wildman–Crippen LogP) is 4.54. The van der Waals surface area contributed by atoms with Gasteiger partial charge < -0.3 is 5.32 Å². The van der Waals surface area contributed by atoms with E-state index in [0.717, 1.165) is 22.2 Å². The van der Waals surface area contributed by atoms with Crippen LogP contribution in [0.15, 0.2) is 30.3 Å². The van der Waals surface area contributed by atoms with Gasteiger partial charge in [-0.2, -0.15) is 13.2 Å². The van der Waals surface area contributed by atoms with E-state index < -0.39 is 12.6 Å². The van der Waals surface area contributed by atoms with Crippen LogP contribution in [0.3, 0.4) is 0 Å². The van der Waals surface area contributed by atoms with E-state index in [0.29, 0.717) is 6.54 Å². The minimum atomic E-state index is -4.13. The van der Waals surface area contributed by atoms with Crippen molar-refractivity contribution in [2.75, 3.05) is 6.54 Å². The molecule has 0 spiro atoms. The van der Waals surface area contributed by atoms with Gasteiger partial charge in [-0.1, -0.05) is 25.1 Å². The molecule has 0 aliphatic heterocycles. The van der Waals surface area contributed by atoms with Crippen molar-refractivity contribution in [3.05, 3.63) is 41.6 Å². The quantitative estimate of drug-likeness (QED) is 0.876. The molecular weight excluding hydrogens is 277 g/mol. The van der Waals surface area contributed by atoms with E-state index >= 15 is 0 Å². The minimum absolute atomic E-state index is 0.0325. The molecule has 5 heteroatoms. The normalized spacial score (nSPS) is 13.6. The number of nitrogens with zero attached hydrogens (tertiary/aromatic N) is 1. The standard InChI is InChI=1S/C16H19F3N2/c1-3-20-14(8-9-16(17,18)19)13-10-11(2)21-15-7-5-4-6-12(13)15/h4-7,10,14,20H,3,8-9H2,1-2H3. The summed E-state index contributed by atoms with van der Waals surface area (Å²) in [6, 6.07) is 9.13. The maximum Gasteiger partial charge on any atom is 0.389 e. The highest BCUT2D eigenvalue weighted by molar-refractivity contribution is 5.82. The zero-order chi connectivity index (χ0) is 15.5. The maximum atomic E-state index is 12.5. The van der Waals surface area contributed by atoms with Crippen LogP contribution in [0, 0.1) is 6.92 Å². The fourth-order valence-corrected chi connectivity index (χ4v) is 2.55. The zero-order valence-electron chi connectivity index (χ0n) is 12.2. The van der Waals surface area contributed by atoms with Gasteiger partial charge in [0.2, 0.25) is 0 Å². The lowest BCUT2D eigenvalue weighted by Crippen LogP contribution is -2.23. The summed E-state index contributed by atoms with van der Waals surface area (Å²) in [7, 11) is 0. The van der Waals surface area contributed by atoms with Crippen LogP contribution in [0.2, 0.25) is 0 Å². The first-order chi connectivity index (χ1) is 9.90. The lowest BCUT2D eigenvalue weighted by atomic mass is 9.97. The first kappa shape index (κ1) is 15.8. The molecule has 1 aromatic carbocycles. The SMILES string of the molecule is CCNC(CCC(F)(F)F)c1cc(C)nc2ccccc12. The molecule has 1 unspecified atom stereocenters. The number of para-hydroxylation sites is 1. The third-order valence-corrected chi connectivity index (χ3v) is 3.42. The smallest absolute Gasteiger partial charge is 0.310 e. The molecule has 0 radical (unpaired) electrons. The third-order valence-electron chi connectivity index (χ3n) is 3.42. The minimum Gasteiger partial charge on any atom is -0.310 e. The Morgan fingerprint density at radius 2 is 1.95 bits per heavy atom. The topological polar surface area (TPSA) is 24.9 Å². The number of halogens is 3. The van der Waals surface area contributed by atoms with Crippen molar-refractivity contribution in [2.45, 2.75) is 38.9 Å². The molecule has 0 fully saturated rings. The number of fused-ring (bicyclic) bond motifs is 1. The molecule has 21 heavy (non-hydrogen) atoms. The lowest BCUT2D eigenvalue weighted by Gasteiger charge is -2.21. The molecular formula is C16H19F3N2. The van der Waals surface area contributed by atoms with Gasteiger partial charge >= 0.3 is 6.18 Å². The fourth-order valence-electron chi connectivity index (χ4n) is 2.55. The molecule has 2 aromatic rings. The molecule has 114 valence electrons. The molecule has 0 saturated heterocycles. The fraction of sp³-hybridized carbons (Fsp3) is 0.438. The van der Waals surface area contributed by atoms with E-state index in [-0.39, 0.29) is 12.5 Å². The molecule has 0 aliphatic rings. The van der Waals surface area contributed by atoms with Gasteiger partial charge in [-0.05, 0) is 37.6 Å². The molecule has 0 saturated carbocycles. The van der Waals surface area contributed by atoms with Crippen molar-refractivity contribution >= 4 is 10.9 Å². The molecule has 2 nitrogen and oxygen atoms in total. The van der Waals surface area contributed by atoms with E-state index in [2.05, 4.69) is 10.3 Å². The molecule has 0 aliphatic carbocycles. The van der Waals surface area contributed by atoms with Gasteiger partial charge in [-0.25, -0.2) is 0 Å². The van der Waals surface area contributed by atoms with Crippen LogP contribution in [0.1, 0.15) is 37.1 Å². The van der Waals surface area contributed by atoms with E-state index in [9.17, 15) is 13.2 Å². The Morgan fingerprint density at radius 3 is 2.62 bits per heavy atom. The summed E-state index contributed by atoms with van der Waals surface area (Å²) in [5, 5.41) is 4.08. The Bertz CT molecular complexity index is 608. The average Bonchev–Trinajstić information content (AvgIpc) is 2.41. The summed E-state index contributed by atoms with van der Waals surface area (Å²) in [5.74, 6) is 0. The van der Waals surface area contributed by atoms with Crippen molar-refractivity contribution < 1.29 is 13.2 Å². The van der Waals surface area contributed by atoms with E-state index in [1.54, 1.807) is 0 Å². The van der Waals surface area contributed by atoms with E-state index in [4.69, 9.17) is 0 Å². The Labute approximate surface area is 122 Å². The summed E-state index contributed by atoms with van der Waals surface area (Å²) in [4.78, 5) is 4.44. The number of hydrogen-bond donors (Lipinski definition) is 1. The number of alkyl halides is 3. The second kappa shape index (κ2) is 6.43. The summed E-state index contributed by atoms with van der Waals surface area (Å²) < 4.78 is 37.6. The summed E-state index contributed by atoms with van der Waals surface area (Å²) in [6.45, 7) is 4.39. The Balaban J connectivity index is 2.39. The van der Waals surface area contributed by atoms with Crippen LogP contribution >= 0.6 is 0 Å². The number of nitrogens with one attached hydrogen (secondary N) is 1. The Hall–Kier alpha value is -1.62. The monoisotopic (exact) mass is 296 g/mol. The van der Waals surface area contributed by atoms with Gasteiger partial charge in [0.1, 0.15) is 0 Å². The molecule has 0 amide bonds. The van der Waals surface area contributed by atoms with Gasteiger partial charge in [0.05, 0.1) is 5.52 Å². The van der Waals surface area contributed by atoms with E-state index in [1.807, 2.05) is 44.2 Å². The van der Waals surface area contributed by atoms with Crippen LogP contribution in [-0.4, -0.2) is 17.7 Å². The molecule has 0 bridgehead atoms. The summed E-state index contributed by atoms with van der Waals surface area (Å²) in [5.41, 5.74) is 2.53. The average molecular weight is 296 g/mol. The number of aryl methyl sites for hydroxylation is 1. The summed E-state index contributed by atoms with van der Waals surface area (Å²) >= 11 is 0. The molecule has 1 heterocycles. The van der Waals surface area contributed by atoms with Gasteiger partial charge in [-0.3, -0.25) is 4.98 Å². The molecule has 1 aromatic heterocycles. The van der Waals surface area contributed by atoms with Crippen molar-refractivity contribution in [3.63, 3.8) is 0 Å². The maximum absolute atomic E-state index is 12.5. The largest absolute Gasteiger partial charge is 0.389 e. The number of hydrogen-bond acceptors (Lipinski definition) is 2. The van der Waals surface area contributed by atoms with Crippen LogP contribution < -0.4 is 5.32 Å². The van der Waals surface area contributed by atoms with Gasteiger partial charge in [-0.15, -0.1) is 0 Å². The second-order valence-corrected chi connectivity index (χ2v) is 5.13. The first-order valence-corrected chi connectivity index (χ1v) is 7.07. The predicted molar refractivity (Wildman–Crippen MR) is 78.2 cm³/mol. The van der Waals surface area contributed by atoms with E-state index in [1.165, 1.54) is 0 Å². The van der Waals surface area contributed by atoms with Crippen LogP contribution in [0.25, 0.3) is 10.9 Å². The first-order valence-electron chi connectivity index (χ1n) is 7.07. The number of benzene rings is 1. The summed E-state index contributed by atoms with van der Waals surface area (Å²) in [6.07, 6.45) is -4.89. The highest BCUT2D eigenvalue weighted by Gasteiger charge is 2.29. The van der Waals surface area contributed by atoms with Crippen LogP contribution in [0.5, 0.6) is 0 Å². The van der Waals surface area contributed by atoms with Crippen LogP contribution in [-0.2, 0) is 0 Å². The molecule has 2 rings (SSSR count). The number of rotatable bonds is 5. The third kappa shape index (κ3) is 4.17. The van der Waals surface area contributed by atoms with Crippen molar-refractivity contribution in [2.24, 2.45) is 0 Å². The van der Waals surface area contributed by atoms with Crippen molar-refractivity contribution in [3.8, 4) is 0 Å². The Morgan fingerprint density at radius 1 is 1.24 bits per heavy atom. The van der Waals surface area contributed by atoms with Gasteiger partial charge in [0.15, 0.2) is 0 Å². The lowest BCUT2D eigenvalue weighted by molar-refractivity contribution is -0.136.